The van der Waals surface area contributed by atoms with E-state index in [-0.39, 0.29) is 0 Å². The minimum absolute atomic E-state index is 0.503. The maximum Gasteiger partial charge on any atom is 0.177 e. The smallest absolute Gasteiger partial charge is 0.177 e. The van der Waals surface area contributed by atoms with Crippen molar-refractivity contribution in [3.8, 4) is 0 Å². The highest BCUT2D eigenvalue weighted by atomic mass is 16.3. The predicted molar refractivity (Wildman–Crippen MR) is 38.0 cm³/mol. The van der Waals surface area contributed by atoms with E-state index in [1.165, 1.54) is 7.05 Å². The van der Waals surface area contributed by atoms with Crippen molar-refractivity contribution in [2.24, 2.45) is 0 Å². The van der Waals surface area contributed by atoms with Gasteiger partial charge in [-0.1, -0.05) is 0 Å². The largest absolute Gasteiger partial charge is 0.394 e. The lowest BCUT2D eigenvalue weighted by Gasteiger charge is -2.17. The van der Waals surface area contributed by atoms with Gasteiger partial charge in [-0.05, 0) is 7.05 Å². The van der Waals surface area contributed by atoms with Crippen LogP contribution < -0.4 is 5.32 Å². The van der Waals surface area contributed by atoms with Gasteiger partial charge in [-0.3, -0.25) is 4.79 Å². The van der Waals surface area contributed by atoms with Gasteiger partial charge in [0.15, 0.2) is 5.78 Å². The van der Waals surface area contributed by atoms with Crippen LogP contribution in [-0.4, -0.2) is 53.5 Å². The van der Waals surface area contributed by atoms with Crippen LogP contribution in [-0.2, 0) is 4.79 Å². The fourth-order valence-corrected chi connectivity index (χ4v) is 0.772. The van der Waals surface area contributed by atoms with Gasteiger partial charge in [-0.2, -0.15) is 0 Å². The number of hydrogen-bond donors (Lipinski definition) is 4. The van der Waals surface area contributed by atoms with E-state index >= 15 is 0 Å². The molecule has 0 heterocycles. The van der Waals surface area contributed by atoms with Gasteiger partial charge in [0.05, 0.1) is 18.8 Å². The van der Waals surface area contributed by atoms with Crippen LogP contribution in [0.4, 0.5) is 0 Å². The molecule has 0 aromatic carbocycles. The van der Waals surface area contributed by atoms with Gasteiger partial charge in [-0.25, -0.2) is 0 Å². The van der Waals surface area contributed by atoms with Crippen LogP contribution in [0.1, 0.15) is 0 Å². The lowest BCUT2D eigenvalue weighted by atomic mass is 10.1. The average Bonchev–Trinajstić information content (AvgIpc) is 2.05. The van der Waals surface area contributed by atoms with E-state index < -0.39 is 31.1 Å². The molecule has 11 heavy (non-hydrogen) atoms. The molecular formula is C6H13NO4. The van der Waals surface area contributed by atoms with Crippen molar-refractivity contribution in [2.45, 2.75) is 12.1 Å². The first-order valence-corrected chi connectivity index (χ1v) is 3.27. The Bertz CT molecular complexity index is 128. The molecule has 5 nitrogen and oxygen atoms in total. The summed E-state index contributed by atoms with van der Waals surface area (Å²) < 4.78 is 0. The molecule has 0 amide bonds. The number of ketones is 1. The van der Waals surface area contributed by atoms with Gasteiger partial charge in [0.25, 0.3) is 0 Å². The Morgan fingerprint density at radius 1 is 1.55 bits per heavy atom. The molecule has 0 saturated heterocycles. The molecule has 0 radical (unpaired) electrons. The SMILES string of the molecule is CN[C@H](C(=O)CO)[C@H](O)CO. The number of aliphatic hydroxyl groups excluding tert-OH is 3. The first kappa shape index (κ1) is 10.5. The van der Waals surface area contributed by atoms with Crippen molar-refractivity contribution in [1.82, 2.24) is 5.32 Å². The van der Waals surface area contributed by atoms with E-state index in [0.717, 1.165) is 0 Å². The molecule has 0 rings (SSSR count). The molecule has 0 aliphatic heterocycles. The molecule has 0 aromatic rings. The van der Waals surface area contributed by atoms with Crippen molar-refractivity contribution in [2.75, 3.05) is 20.3 Å². The number of Topliss-reactive ketones (excluding diaryl/α,β-unsaturated/α-hetero) is 1. The highest BCUT2D eigenvalue weighted by molar-refractivity contribution is 5.85. The molecule has 0 aliphatic carbocycles. The Morgan fingerprint density at radius 3 is 2.36 bits per heavy atom. The quantitative estimate of drug-likeness (QED) is 0.359. The summed E-state index contributed by atoms with van der Waals surface area (Å²) in [5, 5.41) is 28.3. The lowest BCUT2D eigenvalue weighted by molar-refractivity contribution is -0.127. The Labute approximate surface area is 64.7 Å². The predicted octanol–water partition coefficient (Wildman–Crippen LogP) is -2.51. The number of aliphatic hydroxyl groups is 3. The van der Waals surface area contributed by atoms with Gasteiger partial charge in [0.2, 0.25) is 0 Å². The summed E-state index contributed by atoms with van der Waals surface area (Å²) in [6.45, 7) is -1.14. The molecule has 0 fully saturated rings. The van der Waals surface area contributed by atoms with E-state index in [1.54, 1.807) is 0 Å². The summed E-state index contributed by atoms with van der Waals surface area (Å²) in [5.41, 5.74) is 0. The normalized spacial score (nSPS) is 16.0. The van der Waals surface area contributed by atoms with E-state index in [2.05, 4.69) is 5.32 Å². The molecular weight excluding hydrogens is 150 g/mol. The van der Waals surface area contributed by atoms with Crippen LogP contribution in [0, 0.1) is 0 Å². The second kappa shape index (κ2) is 5.20. The van der Waals surface area contributed by atoms with E-state index in [1.807, 2.05) is 0 Å². The van der Waals surface area contributed by atoms with Crippen molar-refractivity contribution in [3.63, 3.8) is 0 Å². The molecule has 0 saturated carbocycles. The zero-order valence-corrected chi connectivity index (χ0v) is 6.32. The van der Waals surface area contributed by atoms with Crippen molar-refractivity contribution < 1.29 is 20.1 Å². The standard InChI is InChI=1S/C6H13NO4/c1-7-6(4(10)2-8)5(11)3-9/h4,6-10H,2-3H2,1H3/t4-,6+/m1/s1. The topological polar surface area (TPSA) is 89.8 Å². The minimum atomic E-state index is -1.15. The zero-order valence-electron chi connectivity index (χ0n) is 6.32. The highest BCUT2D eigenvalue weighted by Crippen LogP contribution is 1.93. The summed E-state index contributed by atoms with van der Waals surface area (Å²) in [6, 6.07) is -0.884. The molecule has 5 heteroatoms. The fraction of sp³-hybridized carbons (Fsp3) is 0.833. The molecule has 0 spiro atoms. The van der Waals surface area contributed by atoms with Crippen LogP contribution in [0.15, 0.2) is 0 Å². The van der Waals surface area contributed by atoms with Crippen LogP contribution in [0.3, 0.4) is 0 Å². The first-order valence-electron chi connectivity index (χ1n) is 3.27. The Hall–Kier alpha value is -0.490. The van der Waals surface area contributed by atoms with Gasteiger partial charge in [-0.15, -0.1) is 0 Å². The Morgan fingerprint density at radius 2 is 2.09 bits per heavy atom. The maximum atomic E-state index is 10.8. The van der Waals surface area contributed by atoms with Gasteiger partial charge >= 0.3 is 0 Å². The zero-order chi connectivity index (χ0) is 8.85. The third-order valence-electron chi connectivity index (χ3n) is 1.39. The van der Waals surface area contributed by atoms with E-state index in [4.69, 9.17) is 15.3 Å². The highest BCUT2D eigenvalue weighted by Gasteiger charge is 2.23. The van der Waals surface area contributed by atoms with Crippen molar-refractivity contribution >= 4 is 5.78 Å². The van der Waals surface area contributed by atoms with Gasteiger partial charge in [0.1, 0.15) is 6.61 Å². The number of nitrogens with one attached hydrogen (secondary N) is 1. The number of likely N-dealkylation sites (N-methyl/N-ethyl adjacent to an activating group) is 1. The molecule has 2 atom stereocenters. The van der Waals surface area contributed by atoms with Crippen LogP contribution in [0.5, 0.6) is 0 Å². The summed E-state index contributed by atoms with van der Waals surface area (Å²) >= 11 is 0. The van der Waals surface area contributed by atoms with E-state index in [0.29, 0.717) is 0 Å². The monoisotopic (exact) mass is 163 g/mol. The van der Waals surface area contributed by atoms with Crippen LogP contribution >= 0.6 is 0 Å². The van der Waals surface area contributed by atoms with Gasteiger partial charge < -0.3 is 20.6 Å². The number of carbonyl (C=O) groups is 1. The summed E-state index contributed by atoms with van der Waals surface area (Å²) in [4.78, 5) is 10.8. The third-order valence-corrected chi connectivity index (χ3v) is 1.39. The van der Waals surface area contributed by atoms with Crippen LogP contribution in [0.25, 0.3) is 0 Å². The lowest BCUT2D eigenvalue weighted by Crippen LogP contribution is -2.47. The van der Waals surface area contributed by atoms with Crippen LogP contribution in [0.2, 0.25) is 0 Å². The van der Waals surface area contributed by atoms with E-state index in [9.17, 15) is 4.79 Å². The number of carbonyl (C=O) groups excluding carboxylic acids is 1. The summed E-state index contributed by atoms with van der Waals surface area (Å²) in [7, 11) is 1.47. The maximum absolute atomic E-state index is 10.8. The second-order valence-electron chi connectivity index (χ2n) is 2.14. The molecule has 66 valence electrons. The van der Waals surface area contributed by atoms with Crippen molar-refractivity contribution in [3.05, 3.63) is 0 Å². The van der Waals surface area contributed by atoms with Gasteiger partial charge in [0, 0.05) is 0 Å². The molecule has 0 aliphatic rings. The van der Waals surface area contributed by atoms with Crippen molar-refractivity contribution in [1.29, 1.82) is 0 Å². The first-order chi connectivity index (χ1) is 5.17. The summed E-state index contributed by atoms with van der Waals surface area (Å²) in [6.07, 6.45) is -1.15. The minimum Gasteiger partial charge on any atom is -0.394 e. The molecule has 0 bridgehead atoms. The number of rotatable bonds is 5. The molecule has 0 aromatic heterocycles. The number of hydrogen-bond acceptors (Lipinski definition) is 5. The average molecular weight is 163 g/mol. The molecule has 0 unspecified atom stereocenters. The molecule has 4 N–H and O–H groups in total. The Kier molecular flexibility index (Phi) is 4.97. The summed E-state index contributed by atoms with van der Waals surface area (Å²) in [5.74, 6) is -0.533. The third kappa shape index (κ3) is 2.94. The second-order valence-corrected chi connectivity index (χ2v) is 2.14. The fourth-order valence-electron chi connectivity index (χ4n) is 0.772. The Balaban J connectivity index is 4.03.